The minimum absolute atomic E-state index is 0.0951. The zero-order valence-electron chi connectivity index (χ0n) is 12.7. The third kappa shape index (κ3) is 2.93. The molecule has 3 rings (SSSR count). The molecule has 1 aromatic heterocycles. The molecule has 0 saturated carbocycles. The summed E-state index contributed by atoms with van der Waals surface area (Å²) < 4.78 is 2.00. The van der Waals surface area contributed by atoms with Gasteiger partial charge in [-0.2, -0.15) is 0 Å². The van der Waals surface area contributed by atoms with E-state index < -0.39 is 0 Å². The van der Waals surface area contributed by atoms with Gasteiger partial charge in [-0.15, -0.1) is 0 Å². The van der Waals surface area contributed by atoms with Crippen molar-refractivity contribution < 1.29 is 4.79 Å². The number of rotatable bonds is 3. The summed E-state index contributed by atoms with van der Waals surface area (Å²) in [6, 6.07) is 17.4. The highest BCUT2D eigenvalue weighted by atomic mass is 16.1. The normalized spacial score (nSPS) is 10.5. The van der Waals surface area contributed by atoms with Crippen LogP contribution in [-0.4, -0.2) is 10.5 Å². The molecule has 3 nitrogen and oxygen atoms in total. The van der Waals surface area contributed by atoms with E-state index in [1.807, 2.05) is 78.5 Å². The fraction of sp³-hybridized carbons (Fsp3) is 0.105. The largest absolute Gasteiger partial charge is 0.324 e. The number of carbonyl (C=O) groups is 1. The average Bonchev–Trinajstić information content (AvgIpc) is 3.05. The van der Waals surface area contributed by atoms with Crippen LogP contribution in [0, 0.1) is 13.8 Å². The predicted octanol–water partition coefficient (Wildman–Crippen LogP) is 4.35. The van der Waals surface area contributed by atoms with Crippen LogP contribution in [0.2, 0.25) is 0 Å². The van der Waals surface area contributed by atoms with Crippen LogP contribution in [0.1, 0.15) is 21.5 Å². The van der Waals surface area contributed by atoms with E-state index in [2.05, 4.69) is 12.2 Å². The lowest BCUT2D eigenvalue weighted by Gasteiger charge is -2.09. The van der Waals surface area contributed by atoms with Gasteiger partial charge in [0.15, 0.2) is 0 Å². The van der Waals surface area contributed by atoms with Crippen LogP contribution in [0.3, 0.4) is 0 Å². The second kappa shape index (κ2) is 5.90. The highest BCUT2D eigenvalue weighted by molar-refractivity contribution is 6.04. The van der Waals surface area contributed by atoms with Gasteiger partial charge < -0.3 is 9.88 Å². The van der Waals surface area contributed by atoms with Crippen molar-refractivity contribution in [1.82, 2.24) is 4.57 Å². The molecule has 0 fully saturated rings. The number of benzene rings is 2. The summed E-state index contributed by atoms with van der Waals surface area (Å²) in [7, 11) is 0. The summed E-state index contributed by atoms with van der Waals surface area (Å²) in [5.74, 6) is -0.0951. The molecular weight excluding hydrogens is 272 g/mol. The molecule has 0 saturated heterocycles. The van der Waals surface area contributed by atoms with Crippen LogP contribution in [0.15, 0.2) is 67.0 Å². The van der Waals surface area contributed by atoms with Gasteiger partial charge in [0.1, 0.15) is 0 Å². The van der Waals surface area contributed by atoms with Gasteiger partial charge in [0.05, 0.1) is 0 Å². The Morgan fingerprint density at radius 1 is 0.909 bits per heavy atom. The predicted molar refractivity (Wildman–Crippen MR) is 89.6 cm³/mol. The van der Waals surface area contributed by atoms with Gasteiger partial charge in [-0.25, -0.2) is 0 Å². The van der Waals surface area contributed by atoms with Crippen molar-refractivity contribution in [2.75, 3.05) is 5.32 Å². The first-order valence-electron chi connectivity index (χ1n) is 7.25. The third-order valence-corrected chi connectivity index (χ3v) is 3.80. The number of hydrogen-bond donors (Lipinski definition) is 1. The smallest absolute Gasteiger partial charge is 0.255 e. The molecule has 0 radical (unpaired) electrons. The molecule has 1 N–H and O–H groups in total. The summed E-state index contributed by atoms with van der Waals surface area (Å²) in [4.78, 5) is 12.3. The lowest BCUT2D eigenvalue weighted by atomic mass is 10.1. The number of nitrogens with one attached hydrogen (secondary N) is 1. The van der Waals surface area contributed by atoms with E-state index in [0.29, 0.717) is 5.56 Å². The first-order chi connectivity index (χ1) is 10.6. The van der Waals surface area contributed by atoms with Gasteiger partial charge in [-0.3, -0.25) is 4.79 Å². The summed E-state index contributed by atoms with van der Waals surface area (Å²) in [5.41, 5.74) is 4.89. The van der Waals surface area contributed by atoms with Crippen LogP contribution in [-0.2, 0) is 0 Å². The van der Waals surface area contributed by atoms with Gasteiger partial charge in [0.25, 0.3) is 5.91 Å². The lowest BCUT2D eigenvalue weighted by Crippen LogP contribution is -2.12. The molecule has 0 unspecified atom stereocenters. The van der Waals surface area contributed by atoms with E-state index in [4.69, 9.17) is 0 Å². The van der Waals surface area contributed by atoms with Gasteiger partial charge in [-0.05, 0) is 73.5 Å². The molecule has 3 heteroatoms. The Labute approximate surface area is 130 Å². The molecule has 22 heavy (non-hydrogen) atoms. The van der Waals surface area contributed by atoms with Crippen molar-refractivity contribution in [3.63, 3.8) is 0 Å². The molecule has 0 aliphatic rings. The number of amides is 1. The molecule has 0 spiro atoms. The highest BCUT2D eigenvalue weighted by Gasteiger charge is 2.07. The number of anilines is 1. The van der Waals surface area contributed by atoms with E-state index in [1.165, 1.54) is 11.1 Å². The summed E-state index contributed by atoms with van der Waals surface area (Å²) >= 11 is 0. The minimum atomic E-state index is -0.0951. The van der Waals surface area contributed by atoms with Crippen molar-refractivity contribution in [2.45, 2.75) is 13.8 Å². The van der Waals surface area contributed by atoms with Crippen molar-refractivity contribution in [3.8, 4) is 5.69 Å². The Morgan fingerprint density at radius 2 is 1.59 bits per heavy atom. The number of aromatic nitrogens is 1. The van der Waals surface area contributed by atoms with Crippen LogP contribution in [0.4, 0.5) is 5.69 Å². The molecular formula is C19H18N2O. The molecule has 1 heterocycles. The monoisotopic (exact) mass is 290 g/mol. The average molecular weight is 290 g/mol. The van der Waals surface area contributed by atoms with Gasteiger partial charge in [0, 0.05) is 29.3 Å². The second-order valence-electron chi connectivity index (χ2n) is 5.39. The zero-order chi connectivity index (χ0) is 15.5. The van der Waals surface area contributed by atoms with Gasteiger partial charge in [0.2, 0.25) is 0 Å². The topological polar surface area (TPSA) is 34.0 Å². The lowest BCUT2D eigenvalue weighted by molar-refractivity contribution is 0.102. The van der Waals surface area contributed by atoms with E-state index in [1.54, 1.807) is 0 Å². The Bertz CT molecular complexity index is 787. The molecule has 110 valence electrons. The number of hydrogen-bond acceptors (Lipinski definition) is 1. The molecule has 0 aliphatic heterocycles. The fourth-order valence-electron chi connectivity index (χ4n) is 2.31. The second-order valence-corrected chi connectivity index (χ2v) is 5.39. The summed E-state index contributed by atoms with van der Waals surface area (Å²) in [6.07, 6.45) is 3.95. The highest BCUT2D eigenvalue weighted by Crippen LogP contribution is 2.16. The maximum Gasteiger partial charge on any atom is 0.255 e. The fourth-order valence-corrected chi connectivity index (χ4v) is 2.31. The number of nitrogens with zero attached hydrogens (tertiary/aromatic N) is 1. The van der Waals surface area contributed by atoms with E-state index in [0.717, 1.165) is 11.4 Å². The first kappa shape index (κ1) is 14.1. The molecule has 1 amide bonds. The summed E-state index contributed by atoms with van der Waals surface area (Å²) in [6.45, 7) is 4.10. The minimum Gasteiger partial charge on any atom is -0.324 e. The standard InChI is InChI=1S/C19H18N2O/c1-14-5-8-17(13-15(14)2)20-19(22)16-6-9-18(10-7-16)21-11-3-4-12-21/h3-13H,1-2H3,(H,20,22). The maximum atomic E-state index is 12.3. The van der Waals surface area contributed by atoms with E-state index >= 15 is 0 Å². The SMILES string of the molecule is Cc1ccc(NC(=O)c2ccc(-n3cccc3)cc2)cc1C. The van der Waals surface area contributed by atoms with E-state index in [9.17, 15) is 4.79 Å². The Kier molecular flexibility index (Phi) is 3.79. The molecule has 0 atom stereocenters. The molecule has 0 bridgehead atoms. The number of carbonyl (C=O) groups excluding carboxylic acids is 1. The van der Waals surface area contributed by atoms with E-state index in [-0.39, 0.29) is 5.91 Å². The first-order valence-corrected chi connectivity index (χ1v) is 7.25. The van der Waals surface area contributed by atoms with Gasteiger partial charge in [-0.1, -0.05) is 6.07 Å². The Morgan fingerprint density at radius 3 is 2.23 bits per heavy atom. The van der Waals surface area contributed by atoms with Crippen LogP contribution in [0.25, 0.3) is 5.69 Å². The number of aryl methyl sites for hydroxylation is 2. The van der Waals surface area contributed by atoms with Gasteiger partial charge >= 0.3 is 0 Å². The molecule has 2 aromatic carbocycles. The van der Waals surface area contributed by atoms with Crippen molar-refractivity contribution >= 4 is 11.6 Å². The van der Waals surface area contributed by atoms with Crippen molar-refractivity contribution in [3.05, 3.63) is 83.7 Å². The Balaban J connectivity index is 1.76. The summed E-state index contributed by atoms with van der Waals surface area (Å²) in [5, 5.41) is 2.93. The maximum absolute atomic E-state index is 12.3. The van der Waals surface area contributed by atoms with Crippen LogP contribution >= 0.6 is 0 Å². The zero-order valence-corrected chi connectivity index (χ0v) is 12.7. The van der Waals surface area contributed by atoms with Crippen molar-refractivity contribution in [1.29, 1.82) is 0 Å². The third-order valence-electron chi connectivity index (χ3n) is 3.80. The quantitative estimate of drug-likeness (QED) is 0.764. The van der Waals surface area contributed by atoms with Crippen molar-refractivity contribution in [2.24, 2.45) is 0 Å². The van der Waals surface area contributed by atoms with Crippen LogP contribution < -0.4 is 5.32 Å². The van der Waals surface area contributed by atoms with Crippen LogP contribution in [0.5, 0.6) is 0 Å². The Hall–Kier alpha value is -2.81. The molecule has 0 aliphatic carbocycles. The molecule has 3 aromatic rings.